The van der Waals surface area contributed by atoms with Crippen LogP contribution in [0, 0.1) is 0 Å². The summed E-state index contributed by atoms with van der Waals surface area (Å²) in [6.07, 6.45) is 3.08. The van der Waals surface area contributed by atoms with Crippen LogP contribution < -0.4 is 14.2 Å². The van der Waals surface area contributed by atoms with Crippen LogP contribution in [-0.4, -0.2) is 57.4 Å². The van der Waals surface area contributed by atoms with Gasteiger partial charge in [0.25, 0.3) is 0 Å². The molecular weight excluding hydrogens is 358 g/mol. The van der Waals surface area contributed by atoms with Gasteiger partial charge in [-0.1, -0.05) is 12.1 Å². The van der Waals surface area contributed by atoms with Gasteiger partial charge >= 0.3 is 5.97 Å². The van der Waals surface area contributed by atoms with Crippen LogP contribution in [-0.2, 0) is 9.53 Å². The van der Waals surface area contributed by atoms with Crippen LogP contribution in [0.4, 0.5) is 0 Å². The summed E-state index contributed by atoms with van der Waals surface area (Å²) in [4.78, 5) is 14.3. The fourth-order valence-corrected chi connectivity index (χ4v) is 2.78. The predicted molar refractivity (Wildman–Crippen MR) is 107 cm³/mol. The highest BCUT2D eigenvalue weighted by Gasteiger charge is 2.09. The third-order valence-corrected chi connectivity index (χ3v) is 4.33. The number of carbonyl (C=O) groups is 1. The molecule has 148 valence electrons. The molecule has 1 heterocycles. The molecule has 0 aromatic heterocycles. The molecule has 1 aliphatic heterocycles. The number of ether oxygens (including phenoxy) is 4. The van der Waals surface area contributed by atoms with Crippen molar-refractivity contribution in [1.82, 2.24) is 4.90 Å². The topological polar surface area (TPSA) is 57.2 Å². The molecule has 2 aromatic rings. The highest BCUT2D eigenvalue weighted by Crippen LogP contribution is 2.18. The fraction of sp³-hybridized carbons (Fsp3) is 0.318. The second-order valence-electron chi connectivity index (χ2n) is 6.30. The molecule has 0 radical (unpaired) electrons. The minimum Gasteiger partial charge on any atom is -0.497 e. The molecule has 0 saturated carbocycles. The lowest BCUT2D eigenvalue weighted by molar-refractivity contribution is -0.128. The lowest BCUT2D eigenvalue weighted by atomic mass is 10.2. The van der Waals surface area contributed by atoms with Gasteiger partial charge in [0, 0.05) is 25.7 Å². The lowest BCUT2D eigenvalue weighted by Gasteiger charge is -2.26. The first-order valence-electron chi connectivity index (χ1n) is 9.30. The lowest BCUT2D eigenvalue weighted by Crippen LogP contribution is -2.38. The van der Waals surface area contributed by atoms with Gasteiger partial charge in [-0.25, -0.2) is 4.79 Å². The number of hydrogen-bond donors (Lipinski definition) is 0. The summed E-state index contributed by atoms with van der Waals surface area (Å²) in [5.41, 5.74) is 0.861. The van der Waals surface area contributed by atoms with Crippen molar-refractivity contribution in [3.8, 4) is 17.2 Å². The maximum absolute atomic E-state index is 12.0. The summed E-state index contributed by atoms with van der Waals surface area (Å²) in [5.74, 6) is 1.52. The van der Waals surface area contributed by atoms with E-state index in [4.69, 9.17) is 18.9 Å². The molecule has 0 amide bonds. The normalized spacial score (nSPS) is 14.8. The molecule has 0 N–H and O–H groups in total. The summed E-state index contributed by atoms with van der Waals surface area (Å²) in [5, 5.41) is 0. The smallest absolute Gasteiger partial charge is 0.336 e. The third kappa shape index (κ3) is 6.40. The fourth-order valence-electron chi connectivity index (χ4n) is 2.78. The molecule has 0 atom stereocenters. The SMILES string of the molecule is COc1cccc(/C=C/C(=O)Oc2ccc(OCCN3CCOCC3)cc2)c1. The van der Waals surface area contributed by atoms with E-state index in [9.17, 15) is 4.79 Å². The maximum atomic E-state index is 12.0. The van der Waals surface area contributed by atoms with Gasteiger partial charge in [0.2, 0.25) is 0 Å². The zero-order valence-electron chi connectivity index (χ0n) is 16.0. The van der Waals surface area contributed by atoms with Gasteiger partial charge < -0.3 is 18.9 Å². The summed E-state index contributed by atoms with van der Waals surface area (Å²) in [7, 11) is 1.60. The highest BCUT2D eigenvalue weighted by molar-refractivity contribution is 5.88. The molecular formula is C22H25NO5. The van der Waals surface area contributed by atoms with E-state index in [-0.39, 0.29) is 0 Å². The molecule has 0 aliphatic carbocycles. The number of carbonyl (C=O) groups excluding carboxylic acids is 1. The Morgan fingerprint density at radius 3 is 2.57 bits per heavy atom. The van der Waals surface area contributed by atoms with Crippen LogP contribution in [0.15, 0.2) is 54.6 Å². The van der Waals surface area contributed by atoms with Gasteiger partial charge in [-0.2, -0.15) is 0 Å². The summed E-state index contributed by atoms with van der Waals surface area (Å²) >= 11 is 0. The first-order chi connectivity index (χ1) is 13.7. The standard InChI is InChI=1S/C22H25NO5/c1-25-21-4-2-3-18(17-21)5-10-22(24)28-20-8-6-19(7-9-20)27-16-13-23-11-14-26-15-12-23/h2-10,17H,11-16H2,1H3/b10-5+. The maximum Gasteiger partial charge on any atom is 0.336 e. The molecule has 2 aromatic carbocycles. The molecule has 6 nitrogen and oxygen atoms in total. The van der Waals surface area contributed by atoms with E-state index >= 15 is 0 Å². The van der Waals surface area contributed by atoms with E-state index in [1.54, 1.807) is 37.5 Å². The van der Waals surface area contributed by atoms with Gasteiger partial charge in [0.15, 0.2) is 0 Å². The van der Waals surface area contributed by atoms with Crippen LogP contribution >= 0.6 is 0 Å². The van der Waals surface area contributed by atoms with Crippen LogP contribution in [0.25, 0.3) is 6.08 Å². The van der Waals surface area contributed by atoms with E-state index in [2.05, 4.69) is 4.90 Å². The molecule has 1 fully saturated rings. The van der Waals surface area contributed by atoms with Crippen molar-refractivity contribution in [3.05, 3.63) is 60.2 Å². The average Bonchev–Trinajstić information content (AvgIpc) is 2.74. The number of rotatable bonds is 8. The zero-order chi connectivity index (χ0) is 19.6. The summed E-state index contributed by atoms with van der Waals surface area (Å²) in [6, 6.07) is 14.5. The predicted octanol–water partition coefficient (Wildman–Crippen LogP) is 3.03. The summed E-state index contributed by atoms with van der Waals surface area (Å²) in [6.45, 7) is 4.94. The average molecular weight is 383 g/mol. The number of morpholine rings is 1. The Bertz CT molecular complexity index is 782. The number of esters is 1. The third-order valence-electron chi connectivity index (χ3n) is 4.33. The van der Waals surface area contributed by atoms with Crippen molar-refractivity contribution < 1.29 is 23.7 Å². The molecule has 0 bridgehead atoms. The van der Waals surface area contributed by atoms with Crippen molar-refractivity contribution in [2.24, 2.45) is 0 Å². The zero-order valence-corrected chi connectivity index (χ0v) is 16.0. The Labute approximate surface area is 165 Å². The second kappa shape index (κ2) is 10.5. The molecule has 0 spiro atoms. The van der Waals surface area contributed by atoms with Crippen LogP contribution in [0.2, 0.25) is 0 Å². The van der Waals surface area contributed by atoms with Crippen molar-refractivity contribution in [1.29, 1.82) is 0 Å². The van der Waals surface area contributed by atoms with E-state index in [1.807, 2.05) is 24.3 Å². The first-order valence-corrected chi connectivity index (χ1v) is 9.30. The van der Waals surface area contributed by atoms with Crippen molar-refractivity contribution in [2.75, 3.05) is 46.6 Å². The van der Waals surface area contributed by atoms with Crippen LogP contribution in [0.1, 0.15) is 5.56 Å². The van der Waals surface area contributed by atoms with E-state index in [0.717, 1.165) is 49.9 Å². The quantitative estimate of drug-likeness (QED) is 0.397. The van der Waals surface area contributed by atoms with E-state index in [1.165, 1.54) is 6.08 Å². The number of methoxy groups -OCH3 is 1. The van der Waals surface area contributed by atoms with Crippen molar-refractivity contribution >= 4 is 12.0 Å². The Balaban J connectivity index is 1.43. The number of benzene rings is 2. The van der Waals surface area contributed by atoms with Crippen LogP contribution in [0.3, 0.4) is 0 Å². The minimum absolute atomic E-state index is 0.441. The van der Waals surface area contributed by atoms with E-state index < -0.39 is 5.97 Å². The van der Waals surface area contributed by atoms with Gasteiger partial charge in [0.05, 0.1) is 20.3 Å². The van der Waals surface area contributed by atoms with Crippen molar-refractivity contribution in [2.45, 2.75) is 0 Å². The Morgan fingerprint density at radius 1 is 1.07 bits per heavy atom. The molecule has 6 heteroatoms. The molecule has 0 unspecified atom stereocenters. The van der Waals surface area contributed by atoms with Gasteiger partial charge in [-0.15, -0.1) is 0 Å². The Hall–Kier alpha value is -2.83. The number of nitrogens with zero attached hydrogens (tertiary/aromatic N) is 1. The molecule has 3 rings (SSSR count). The molecule has 1 saturated heterocycles. The Morgan fingerprint density at radius 2 is 1.82 bits per heavy atom. The second-order valence-corrected chi connectivity index (χ2v) is 6.30. The summed E-state index contributed by atoms with van der Waals surface area (Å²) < 4.78 is 21.5. The molecule has 28 heavy (non-hydrogen) atoms. The minimum atomic E-state index is -0.441. The van der Waals surface area contributed by atoms with Gasteiger partial charge in [0.1, 0.15) is 23.9 Å². The van der Waals surface area contributed by atoms with Crippen molar-refractivity contribution in [3.63, 3.8) is 0 Å². The van der Waals surface area contributed by atoms with E-state index in [0.29, 0.717) is 12.4 Å². The molecule has 1 aliphatic rings. The number of hydrogen-bond acceptors (Lipinski definition) is 6. The van der Waals surface area contributed by atoms with Crippen LogP contribution in [0.5, 0.6) is 17.2 Å². The monoisotopic (exact) mass is 383 g/mol. The largest absolute Gasteiger partial charge is 0.497 e. The first kappa shape index (κ1) is 19.9. The Kier molecular flexibility index (Phi) is 7.46. The van der Waals surface area contributed by atoms with Gasteiger partial charge in [-0.05, 0) is 48.0 Å². The van der Waals surface area contributed by atoms with Gasteiger partial charge in [-0.3, -0.25) is 4.90 Å². The highest BCUT2D eigenvalue weighted by atomic mass is 16.5.